The molecule has 1 aliphatic heterocycles. The SMILES string of the molecule is O=C(OC1CCCCC1=O)c1ccc(Cl)c(S(=O)(=O)N2CCc3ccccc32)c1. The van der Waals surface area contributed by atoms with Gasteiger partial charge < -0.3 is 4.74 Å². The Hall–Kier alpha value is -2.38. The Morgan fingerprint density at radius 1 is 1.10 bits per heavy atom. The summed E-state index contributed by atoms with van der Waals surface area (Å²) in [7, 11) is -3.96. The van der Waals surface area contributed by atoms with Crippen molar-refractivity contribution in [3.63, 3.8) is 0 Å². The summed E-state index contributed by atoms with van der Waals surface area (Å²) >= 11 is 6.19. The minimum atomic E-state index is -3.96. The van der Waals surface area contributed by atoms with Crippen molar-refractivity contribution in [3.8, 4) is 0 Å². The quantitative estimate of drug-likeness (QED) is 0.686. The third-order valence-corrected chi connectivity index (χ3v) is 7.62. The van der Waals surface area contributed by atoms with Gasteiger partial charge in [-0.1, -0.05) is 29.8 Å². The lowest BCUT2D eigenvalue weighted by molar-refractivity contribution is -0.129. The molecule has 0 radical (unpaired) electrons. The molecule has 0 saturated heterocycles. The molecule has 1 saturated carbocycles. The molecule has 0 N–H and O–H groups in total. The fraction of sp³-hybridized carbons (Fsp3) is 0.333. The van der Waals surface area contributed by atoms with Gasteiger partial charge in [0.15, 0.2) is 11.9 Å². The first kappa shape index (κ1) is 19.9. The van der Waals surface area contributed by atoms with Crippen molar-refractivity contribution in [1.29, 1.82) is 0 Å². The Labute approximate surface area is 174 Å². The number of sulfonamides is 1. The van der Waals surface area contributed by atoms with Crippen LogP contribution in [0.15, 0.2) is 47.4 Å². The second kappa shape index (κ2) is 7.80. The number of fused-ring (bicyclic) bond motifs is 1. The first-order chi connectivity index (χ1) is 13.9. The zero-order valence-corrected chi connectivity index (χ0v) is 17.2. The number of anilines is 1. The number of Topliss-reactive ketones (excluding diaryl/α,β-unsaturated/α-hetero) is 1. The normalized spacial score (nSPS) is 19.1. The van der Waals surface area contributed by atoms with Crippen LogP contribution >= 0.6 is 11.6 Å². The van der Waals surface area contributed by atoms with Gasteiger partial charge in [0.05, 0.1) is 16.3 Å². The van der Waals surface area contributed by atoms with Crippen LogP contribution in [0, 0.1) is 0 Å². The molecule has 2 aromatic carbocycles. The molecule has 29 heavy (non-hydrogen) atoms. The van der Waals surface area contributed by atoms with E-state index in [1.807, 2.05) is 12.1 Å². The van der Waals surface area contributed by atoms with E-state index in [1.165, 1.54) is 22.5 Å². The van der Waals surface area contributed by atoms with Crippen LogP contribution in [0.3, 0.4) is 0 Å². The molecular formula is C21H20ClNO5S. The number of halogens is 1. The maximum absolute atomic E-state index is 13.3. The van der Waals surface area contributed by atoms with Crippen LogP contribution in [0.25, 0.3) is 0 Å². The van der Waals surface area contributed by atoms with Gasteiger partial charge in [0.25, 0.3) is 10.0 Å². The van der Waals surface area contributed by atoms with Crippen molar-refractivity contribution in [2.24, 2.45) is 0 Å². The molecule has 0 amide bonds. The lowest BCUT2D eigenvalue weighted by atomic mass is 9.96. The minimum Gasteiger partial charge on any atom is -0.451 e. The van der Waals surface area contributed by atoms with Crippen molar-refractivity contribution in [2.45, 2.75) is 43.1 Å². The Morgan fingerprint density at radius 2 is 1.90 bits per heavy atom. The number of carbonyl (C=O) groups excluding carboxylic acids is 2. The molecular weight excluding hydrogens is 414 g/mol. The Bertz CT molecular complexity index is 1080. The Morgan fingerprint density at radius 3 is 2.69 bits per heavy atom. The lowest BCUT2D eigenvalue weighted by Crippen LogP contribution is -2.31. The Kier molecular flexibility index (Phi) is 5.36. The number of ether oxygens (including phenoxy) is 1. The zero-order chi connectivity index (χ0) is 20.6. The molecule has 1 aliphatic carbocycles. The van der Waals surface area contributed by atoms with Gasteiger partial charge in [-0.3, -0.25) is 9.10 Å². The molecule has 2 aromatic rings. The first-order valence-corrected chi connectivity index (χ1v) is 11.3. The number of esters is 1. The topological polar surface area (TPSA) is 80.8 Å². The van der Waals surface area contributed by atoms with Crippen molar-refractivity contribution in [2.75, 3.05) is 10.8 Å². The molecule has 8 heteroatoms. The van der Waals surface area contributed by atoms with E-state index in [9.17, 15) is 18.0 Å². The number of benzene rings is 2. The average Bonchev–Trinajstić information content (AvgIpc) is 3.15. The summed E-state index contributed by atoms with van der Waals surface area (Å²) in [5.74, 6) is -0.819. The maximum Gasteiger partial charge on any atom is 0.338 e. The van der Waals surface area contributed by atoms with Gasteiger partial charge in [-0.25, -0.2) is 13.2 Å². The highest BCUT2D eigenvalue weighted by atomic mass is 35.5. The van der Waals surface area contributed by atoms with Gasteiger partial charge in [0.2, 0.25) is 0 Å². The molecule has 0 spiro atoms. The van der Waals surface area contributed by atoms with E-state index in [-0.39, 0.29) is 21.3 Å². The highest BCUT2D eigenvalue weighted by Crippen LogP contribution is 2.35. The summed E-state index contributed by atoms with van der Waals surface area (Å²) in [5.41, 5.74) is 1.61. The molecule has 4 rings (SSSR count). The van der Waals surface area contributed by atoms with Crippen molar-refractivity contribution in [1.82, 2.24) is 0 Å². The molecule has 1 heterocycles. The number of hydrogen-bond acceptors (Lipinski definition) is 5. The predicted molar refractivity (Wildman–Crippen MR) is 109 cm³/mol. The maximum atomic E-state index is 13.3. The smallest absolute Gasteiger partial charge is 0.338 e. The minimum absolute atomic E-state index is 0.0275. The molecule has 1 fully saturated rings. The second-order valence-electron chi connectivity index (χ2n) is 7.21. The van der Waals surface area contributed by atoms with E-state index < -0.39 is 22.1 Å². The van der Waals surface area contributed by atoms with Crippen LogP contribution in [0.2, 0.25) is 5.02 Å². The molecule has 2 aliphatic rings. The van der Waals surface area contributed by atoms with Crippen LogP contribution in [0.4, 0.5) is 5.69 Å². The van der Waals surface area contributed by atoms with Crippen LogP contribution in [-0.4, -0.2) is 32.8 Å². The number of carbonyl (C=O) groups is 2. The lowest BCUT2D eigenvalue weighted by Gasteiger charge is -2.22. The summed E-state index contributed by atoms with van der Waals surface area (Å²) < 4.78 is 33.2. The first-order valence-electron chi connectivity index (χ1n) is 9.52. The van der Waals surface area contributed by atoms with Gasteiger partial charge in [0.1, 0.15) is 4.90 Å². The Balaban J connectivity index is 1.63. The molecule has 1 atom stereocenters. The number of hydrogen-bond donors (Lipinski definition) is 0. The van der Waals surface area contributed by atoms with E-state index in [0.29, 0.717) is 31.5 Å². The van der Waals surface area contributed by atoms with E-state index >= 15 is 0 Å². The van der Waals surface area contributed by atoms with Crippen LogP contribution in [0.1, 0.15) is 41.6 Å². The number of nitrogens with zero attached hydrogens (tertiary/aromatic N) is 1. The van der Waals surface area contributed by atoms with Gasteiger partial charge in [0, 0.05) is 13.0 Å². The molecule has 152 valence electrons. The van der Waals surface area contributed by atoms with Crippen molar-refractivity contribution < 1.29 is 22.7 Å². The van der Waals surface area contributed by atoms with Gasteiger partial charge in [-0.05, 0) is 55.5 Å². The summed E-state index contributed by atoms with van der Waals surface area (Å²) in [6.45, 7) is 0.309. The van der Waals surface area contributed by atoms with E-state index in [2.05, 4.69) is 0 Å². The summed E-state index contributed by atoms with van der Waals surface area (Å²) in [6.07, 6.45) is 2.35. The van der Waals surface area contributed by atoms with Crippen LogP contribution in [0.5, 0.6) is 0 Å². The van der Waals surface area contributed by atoms with Gasteiger partial charge >= 0.3 is 5.97 Å². The van der Waals surface area contributed by atoms with Gasteiger partial charge in [-0.2, -0.15) is 0 Å². The average molecular weight is 434 g/mol. The molecule has 6 nitrogen and oxygen atoms in total. The fourth-order valence-electron chi connectivity index (χ4n) is 3.78. The molecule has 1 unspecified atom stereocenters. The van der Waals surface area contributed by atoms with E-state index in [0.717, 1.165) is 18.4 Å². The summed E-state index contributed by atoms with van der Waals surface area (Å²) in [5, 5.41) is 0.0275. The van der Waals surface area contributed by atoms with Crippen LogP contribution < -0.4 is 4.31 Å². The van der Waals surface area contributed by atoms with Gasteiger partial charge in [-0.15, -0.1) is 0 Å². The monoisotopic (exact) mass is 433 g/mol. The summed E-state index contributed by atoms with van der Waals surface area (Å²) in [4.78, 5) is 24.3. The number of rotatable bonds is 4. The molecule has 0 bridgehead atoms. The van der Waals surface area contributed by atoms with E-state index in [4.69, 9.17) is 16.3 Å². The molecule has 0 aromatic heterocycles. The third kappa shape index (κ3) is 3.76. The number of ketones is 1. The summed E-state index contributed by atoms with van der Waals surface area (Å²) in [6, 6.07) is 11.3. The second-order valence-corrected chi connectivity index (χ2v) is 9.45. The standard InChI is InChI=1S/C21H20ClNO5S/c22-16-10-9-15(21(25)28-19-8-4-3-7-18(19)24)13-20(16)29(26,27)23-12-11-14-5-1-2-6-17(14)23/h1-2,5-6,9-10,13,19H,3-4,7-8,11-12H2. The largest absolute Gasteiger partial charge is 0.451 e. The van der Waals surface area contributed by atoms with E-state index in [1.54, 1.807) is 12.1 Å². The highest BCUT2D eigenvalue weighted by molar-refractivity contribution is 7.93. The zero-order valence-electron chi connectivity index (χ0n) is 15.6. The fourth-order valence-corrected chi connectivity index (χ4v) is 5.78. The van der Waals surface area contributed by atoms with Crippen LogP contribution in [-0.2, 0) is 26.0 Å². The van der Waals surface area contributed by atoms with Crippen molar-refractivity contribution in [3.05, 3.63) is 58.6 Å². The number of para-hydroxylation sites is 1. The highest BCUT2D eigenvalue weighted by Gasteiger charge is 2.33. The third-order valence-electron chi connectivity index (χ3n) is 5.33. The predicted octanol–water partition coefficient (Wildman–Crippen LogP) is 3.76. The van der Waals surface area contributed by atoms with Crippen molar-refractivity contribution >= 4 is 39.1 Å².